The summed E-state index contributed by atoms with van der Waals surface area (Å²) in [5.74, 6) is 0.0142. The fraction of sp³-hybridized carbons (Fsp3) is 0.400. The predicted molar refractivity (Wildman–Crippen MR) is 102 cm³/mol. The second-order valence-corrected chi connectivity index (χ2v) is 8.67. The van der Waals surface area contributed by atoms with Crippen molar-refractivity contribution in [2.45, 2.75) is 38.6 Å². The zero-order chi connectivity index (χ0) is 17.7. The number of hydrogen-bond donors (Lipinski definition) is 1. The predicted octanol–water partition coefficient (Wildman–Crippen LogP) is 3.21. The van der Waals surface area contributed by atoms with Crippen molar-refractivity contribution in [3.8, 4) is 0 Å². The van der Waals surface area contributed by atoms with Crippen LogP contribution < -0.4 is 4.72 Å². The molecule has 1 saturated heterocycles. The molecule has 0 aliphatic carbocycles. The maximum absolute atomic E-state index is 12.2. The summed E-state index contributed by atoms with van der Waals surface area (Å²) >= 11 is 0. The maximum atomic E-state index is 12.2. The second kappa shape index (κ2) is 8.13. The third kappa shape index (κ3) is 5.66. The first kappa shape index (κ1) is 18.1. The fourth-order valence-electron chi connectivity index (χ4n) is 3.11. The highest BCUT2D eigenvalue weighted by atomic mass is 32.2. The average molecular weight is 359 g/mol. The highest BCUT2D eigenvalue weighted by Gasteiger charge is 2.13. The number of likely N-dealkylation sites (tertiary alicyclic amines) is 1. The Morgan fingerprint density at radius 3 is 2.08 bits per heavy atom. The molecule has 0 unspecified atom stereocenters. The zero-order valence-corrected chi connectivity index (χ0v) is 15.6. The van der Waals surface area contributed by atoms with Crippen LogP contribution in [0, 0.1) is 6.92 Å². The molecule has 0 saturated carbocycles. The Kier molecular flexibility index (Phi) is 5.89. The Morgan fingerprint density at radius 2 is 1.44 bits per heavy atom. The minimum absolute atomic E-state index is 0.0142. The van der Waals surface area contributed by atoms with Crippen molar-refractivity contribution >= 4 is 10.0 Å². The summed E-state index contributed by atoms with van der Waals surface area (Å²) in [4.78, 5) is 2.46. The molecule has 1 fully saturated rings. The number of rotatable bonds is 7. The lowest BCUT2D eigenvalue weighted by Gasteiger charge is -2.14. The molecular formula is C20H26N2O2S. The molecule has 1 aliphatic heterocycles. The van der Waals surface area contributed by atoms with E-state index in [0.717, 1.165) is 23.2 Å². The van der Waals surface area contributed by atoms with E-state index in [9.17, 15) is 8.42 Å². The van der Waals surface area contributed by atoms with Crippen LogP contribution in [0.1, 0.15) is 35.1 Å². The van der Waals surface area contributed by atoms with Gasteiger partial charge in [-0.05, 0) is 49.5 Å². The van der Waals surface area contributed by atoms with E-state index in [-0.39, 0.29) is 5.75 Å². The van der Waals surface area contributed by atoms with Crippen LogP contribution in [0.4, 0.5) is 0 Å². The Morgan fingerprint density at radius 1 is 0.880 bits per heavy atom. The summed E-state index contributed by atoms with van der Waals surface area (Å²) < 4.78 is 27.2. The summed E-state index contributed by atoms with van der Waals surface area (Å²) in [6.07, 6.45) is 2.59. The van der Waals surface area contributed by atoms with E-state index in [1.165, 1.54) is 31.5 Å². The van der Waals surface area contributed by atoms with Crippen LogP contribution in [-0.4, -0.2) is 26.4 Å². The number of hydrogen-bond acceptors (Lipinski definition) is 3. The second-order valence-electron chi connectivity index (χ2n) is 6.87. The van der Waals surface area contributed by atoms with Crippen LogP contribution >= 0.6 is 0 Å². The normalized spacial score (nSPS) is 15.6. The van der Waals surface area contributed by atoms with E-state index in [4.69, 9.17) is 0 Å². The summed E-state index contributed by atoms with van der Waals surface area (Å²) in [5.41, 5.74) is 4.20. The van der Waals surface area contributed by atoms with Crippen molar-refractivity contribution in [2.24, 2.45) is 0 Å². The molecule has 134 valence electrons. The molecule has 3 rings (SSSR count). The zero-order valence-electron chi connectivity index (χ0n) is 14.7. The van der Waals surface area contributed by atoms with Gasteiger partial charge in [0, 0.05) is 13.1 Å². The molecule has 1 aliphatic rings. The molecule has 1 N–H and O–H groups in total. The average Bonchev–Trinajstić information content (AvgIpc) is 3.09. The smallest absolute Gasteiger partial charge is 0.216 e. The van der Waals surface area contributed by atoms with Crippen LogP contribution in [0.15, 0.2) is 48.5 Å². The van der Waals surface area contributed by atoms with Gasteiger partial charge in [-0.15, -0.1) is 0 Å². The van der Waals surface area contributed by atoms with E-state index in [1.54, 1.807) is 0 Å². The first-order valence-corrected chi connectivity index (χ1v) is 10.5. The topological polar surface area (TPSA) is 49.4 Å². The quantitative estimate of drug-likeness (QED) is 0.827. The van der Waals surface area contributed by atoms with E-state index in [1.807, 2.05) is 43.3 Å². The van der Waals surface area contributed by atoms with Gasteiger partial charge < -0.3 is 0 Å². The van der Waals surface area contributed by atoms with Gasteiger partial charge in [0.05, 0.1) is 5.75 Å². The molecule has 0 bridgehead atoms. The van der Waals surface area contributed by atoms with Crippen molar-refractivity contribution < 1.29 is 8.42 Å². The van der Waals surface area contributed by atoms with Gasteiger partial charge >= 0.3 is 0 Å². The van der Waals surface area contributed by atoms with E-state index in [0.29, 0.717) is 6.54 Å². The number of aryl methyl sites for hydroxylation is 1. The van der Waals surface area contributed by atoms with E-state index in [2.05, 4.69) is 21.8 Å². The van der Waals surface area contributed by atoms with Gasteiger partial charge in [-0.1, -0.05) is 54.1 Å². The lowest BCUT2D eigenvalue weighted by molar-refractivity contribution is 0.331. The van der Waals surface area contributed by atoms with Gasteiger partial charge in [0.2, 0.25) is 10.0 Å². The Hall–Kier alpha value is -1.69. The van der Waals surface area contributed by atoms with Gasteiger partial charge in [0.25, 0.3) is 0 Å². The number of sulfonamides is 1. The Labute approximate surface area is 150 Å². The van der Waals surface area contributed by atoms with Crippen LogP contribution in [0.2, 0.25) is 0 Å². The molecule has 4 nitrogen and oxygen atoms in total. The van der Waals surface area contributed by atoms with Gasteiger partial charge in [-0.2, -0.15) is 0 Å². The monoisotopic (exact) mass is 358 g/mol. The Balaban J connectivity index is 1.52. The molecular weight excluding hydrogens is 332 g/mol. The largest absolute Gasteiger partial charge is 0.299 e. The van der Waals surface area contributed by atoms with Crippen molar-refractivity contribution in [1.82, 2.24) is 9.62 Å². The van der Waals surface area contributed by atoms with Crippen molar-refractivity contribution in [1.29, 1.82) is 0 Å². The molecule has 2 aromatic rings. The van der Waals surface area contributed by atoms with E-state index >= 15 is 0 Å². The molecule has 0 atom stereocenters. The summed E-state index contributed by atoms with van der Waals surface area (Å²) in [6, 6.07) is 15.8. The lowest BCUT2D eigenvalue weighted by atomic mass is 10.1. The third-order valence-electron chi connectivity index (χ3n) is 4.60. The number of benzene rings is 2. The summed E-state index contributed by atoms with van der Waals surface area (Å²) in [6.45, 7) is 5.67. The minimum Gasteiger partial charge on any atom is -0.299 e. The molecule has 0 radical (unpaired) electrons. The van der Waals surface area contributed by atoms with Crippen LogP contribution in [0.5, 0.6) is 0 Å². The van der Waals surface area contributed by atoms with Crippen molar-refractivity contribution in [3.05, 3.63) is 70.8 Å². The summed E-state index contributed by atoms with van der Waals surface area (Å²) in [7, 11) is -3.33. The fourth-order valence-corrected chi connectivity index (χ4v) is 4.23. The molecule has 5 heteroatoms. The highest BCUT2D eigenvalue weighted by molar-refractivity contribution is 7.88. The molecule has 0 amide bonds. The highest BCUT2D eigenvalue weighted by Crippen LogP contribution is 2.14. The van der Waals surface area contributed by atoms with Crippen LogP contribution in [0.25, 0.3) is 0 Å². The molecule has 2 aromatic carbocycles. The van der Waals surface area contributed by atoms with Crippen molar-refractivity contribution in [3.63, 3.8) is 0 Å². The van der Waals surface area contributed by atoms with Gasteiger partial charge in [0.1, 0.15) is 0 Å². The number of nitrogens with one attached hydrogen (secondary N) is 1. The third-order valence-corrected chi connectivity index (χ3v) is 5.90. The van der Waals surface area contributed by atoms with Gasteiger partial charge in [-0.3, -0.25) is 4.90 Å². The SMILES string of the molecule is Cc1ccc(CS(=O)(=O)NCc2ccc(CN3CCCC3)cc2)cc1. The van der Waals surface area contributed by atoms with Crippen LogP contribution in [-0.2, 0) is 28.9 Å². The van der Waals surface area contributed by atoms with E-state index < -0.39 is 10.0 Å². The Bertz CT molecular complexity index is 777. The first-order chi connectivity index (χ1) is 12.0. The van der Waals surface area contributed by atoms with Gasteiger partial charge in [-0.25, -0.2) is 13.1 Å². The molecule has 1 heterocycles. The standard InChI is InChI=1S/C20H26N2O2S/c1-17-4-6-20(7-5-17)16-25(23,24)21-14-18-8-10-19(11-9-18)15-22-12-2-3-13-22/h4-11,21H,2-3,12-16H2,1H3. The minimum atomic E-state index is -3.33. The lowest BCUT2D eigenvalue weighted by Crippen LogP contribution is -2.24. The molecule has 0 spiro atoms. The maximum Gasteiger partial charge on any atom is 0.216 e. The molecule has 0 aromatic heterocycles. The first-order valence-electron chi connectivity index (χ1n) is 8.83. The summed E-state index contributed by atoms with van der Waals surface area (Å²) in [5, 5.41) is 0. The van der Waals surface area contributed by atoms with Crippen LogP contribution in [0.3, 0.4) is 0 Å². The van der Waals surface area contributed by atoms with Gasteiger partial charge in [0.15, 0.2) is 0 Å². The van der Waals surface area contributed by atoms with Crippen molar-refractivity contribution in [2.75, 3.05) is 13.1 Å². The number of nitrogens with zero attached hydrogens (tertiary/aromatic N) is 1. The molecule has 25 heavy (non-hydrogen) atoms.